The number of carbonyl (C=O) groups is 2. The first-order chi connectivity index (χ1) is 35.6. The van der Waals surface area contributed by atoms with Crippen LogP contribution in [0.5, 0.6) is 0 Å². The number of unbranched alkanes of at least 4 members (excludes halogenated alkanes) is 23. The molecule has 1 N–H and O–H groups in total. The number of hydrogen-bond acceptors (Lipinski definition) is 5. The molecule has 0 aliphatic heterocycles. The van der Waals surface area contributed by atoms with E-state index in [0.29, 0.717) is 12.8 Å². The molecule has 0 fully saturated rings. The van der Waals surface area contributed by atoms with E-state index >= 15 is 0 Å². The number of ether oxygens (including phenoxy) is 2. The summed E-state index contributed by atoms with van der Waals surface area (Å²) >= 11 is 0. The highest BCUT2D eigenvalue weighted by Gasteiger charge is 2.16. The standard InChI is InChI=1S/C67H110O5/c1-3-5-7-9-11-13-15-17-19-21-23-25-27-29-30-31-32-33-34-35-36-38-39-41-43-45-47-49-51-53-55-57-59-61-66(69)71-64-65(63-68)72-67(70)62-60-58-56-54-52-50-48-46-44-42-40-37-28-26-24-22-20-18-16-14-12-10-8-6-4-2/h5-8,11-14,17-20,23-26,37,40,44,46,50,52,65,68H,3-4,9-10,15-16,21-22,27-36,38-39,41-43,45,47-49,51,53-64H2,1-2H3/b7-5-,8-6-,13-11-,14-12-,19-17-,20-18-,25-23-,26-24-,40-37-,46-44-,52-50-. The maximum Gasteiger partial charge on any atom is 0.306 e. The number of aliphatic hydroxyl groups excluding tert-OH is 1. The first-order valence-corrected chi connectivity index (χ1v) is 29.7. The zero-order valence-corrected chi connectivity index (χ0v) is 46.6. The van der Waals surface area contributed by atoms with Crippen LogP contribution in [0.3, 0.4) is 0 Å². The molecule has 72 heavy (non-hydrogen) atoms. The normalized spacial score (nSPS) is 13.2. The predicted octanol–water partition coefficient (Wildman–Crippen LogP) is 20.4. The van der Waals surface area contributed by atoms with Gasteiger partial charge in [-0.15, -0.1) is 0 Å². The van der Waals surface area contributed by atoms with Crippen LogP contribution in [-0.4, -0.2) is 36.4 Å². The summed E-state index contributed by atoms with van der Waals surface area (Å²) in [4.78, 5) is 24.5. The van der Waals surface area contributed by atoms with Gasteiger partial charge in [0, 0.05) is 12.8 Å². The van der Waals surface area contributed by atoms with Gasteiger partial charge in [-0.3, -0.25) is 9.59 Å². The third-order valence-electron chi connectivity index (χ3n) is 12.4. The van der Waals surface area contributed by atoms with Gasteiger partial charge < -0.3 is 14.6 Å². The van der Waals surface area contributed by atoms with Crippen molar-refractivity contribution in [2.45, 2.75) is 264 Å². The Kier molecular flexibility index (Phi) is 58.0. The van der Waals surface area contributed by atoms with Gasteiger partial charge in [-0.25, -0.2) is 0 Å². The van der Waals surface area contributed by atoms with Crippen molar-refractivity contribution in [2.24, 2.45) is 0 Å². The lowest BCUT2D eigenvalue weighted by Crippen LogP contribution is -2.28. The Morgan fingerprint density at radius 2 is 0.556 bits per heavy atom. The Morgan fingerprint density at radius 1 is 0.319 bits per heavy atom. The molecule has 0 aromatic rings. The van der Waals surface area contributed by atoms with E-state index < -0.39 is 6.10 Å². The summed E-state index contributed by atoms with van der Waals surface area (Å²) in [5, 5.41) is 9.66. The largest absolute Gasteiger partial charge is 0.462 e. The van der Waals surface area contributed by atoms with Crippen LogP contribution in [0.1, 0.15) is 258 Å². The molecular formula is C67H110O5. The van der Waals surface area contributed by atoms with Crippen LogP contribution >= 0.6 is 0 Å². The zero-order valence-electron chi connectivity index (χ0n) is 46.6. The van der Waals surface area contributed by atoms with Crippen LogP contribution in [-0.2, 0) is 19.1 Å². The van der Waals surface area contributed by atoms with Gasteiger partial charge >= 0.3 is 11.9 Å². The molecule has 0 bridgehead atoms. The van der Waals surface area contributed by atoms with Gasteiger partial charge in [0.2, 0.25) is 0 Å². The Bertz CT molecular complexity index is 1500. The Balaban J connectivity index is 3.54. The number of hydrogen-bond donors (Lipinski definition) is 1. The Morgan fingerprint density at radius 3 is 0.847 bits per heavy atom. The van der Waals surface area contributed by atoms with Crippen molar-refractivity contribution in [3.8, 4) is 0 Å². The van der Waals surface area contributed by atoms with E-state index in [0.717, 1.165) is 116 Å². The van der Waals surface area contributed by atoms with Crippen molar-refractivity contribution in [2.75, 3.05) is 13.2 Å². The molecule has 5 heteroatoms. The minimum absolute atomic E-state index is 0.0854. The fourth-order valence-electron chi connectivity index (χ4n) is 8.06. The number of carbonyl (C=O) groups excluding carboxylic acids is 2. The van der Waals surface area contributed by atoms with Gasteiger partial charge in [0.15, 0.2) is 6.10 Å². The topological polar surface area (TPSA) is 72.8 Å². The molecule has 1 atom stereocenters. The van der Waals surface area contributed by atoms with Gasteiger partial charge in [0.25, 0.3) is 0 Å². The summed E-state index contributed by atoms with van der Waals surface area (Å²) in [6, 6.07) is 0. The summed E-state index contributed by atoms with van der Waals surface area (Å²) in [5.41, 5.74) is 0. The second-order valence-electron chi connectivity index (χ2n) is 19.3. The zero-order chi connectivity index (χ0) is 52.0. The minimum atomic E-state index is -0.799. The molecular weight excluding hydrogens is 885 g/mol. The molecule has 0 amide bonds. The van der Waals surface area contributed by atoms with Crippen LogP contribution in [0.25, 0.3) is 0 Å². The van der Waals surface area contributed by atoms with E-state index in [4.69, 9.17) is 9.47 Å². The van der Waals surface area contributed by atoms with Gasteiger partial charge in [-0.1, -0.05) is 270 Å². The summed E-state index contributed by atoms with van der Waals surface area (Å²) < 4.78 is 10.7. The van der Waals surface area contributed by atoms with Crippen LogP contribution in [0.15, 0.2) is 134 Å². The van der Waals surface area contributed by atoms with Crippen molar-refractivity contribution in [3.63, 3.8) is 0 Å². The highest BCUT2D eigenvalue weighted by Crippen LogP contribution is 2.16. The van der Waals surface area contributed by atoms with Gasteiger partial charge in [0.05, 0.1) is 6.61 Å². The molecule has 0 spiro atoms. The fourth-order valence-corrected chi connectivity index (χ4v) is 8.06. The molecule has 5 nitrogen and oxygen atoms in total. The quantitative estimate of drug-likeness (QED) is 0.0373. The van der Waals surface area contributed by atoms with Crippen LogP contribution in [0, 0.1) is 0 Å². The first kappa shape index (κ1) is 68.0. The predicted molar refractivity (Wildman–Crippen MR) is 315 cm³/mol. The summed E-state index contributed by atoms with van der Waals surface area (Å²) in [7, 11) is 0. The van der Waals surface area contributed by atoms with Crippen molar-refractivity contribution in [3.05, 3.63) is 134 Å². The SMILES string of the molecule is CC/C=C\C/C=C\C/C=C\C/C=C\C/C=C\C/C=C\C/C=C\CCCCCC(=O)OC(CO)COC(=O)CCCCCCCCCCCCCCCCCCCCCC/C=C\C/C=C\C/C=C\C/C=C\CC. The van der Waals surface area contributed by atoms with Crippen molar-refractivity contribution in [1.29, 1.82) is 0 Å². The molecule has 0 rings (SSSR count). The Hall–Kier alpha value is -3.96. The monoisotopic (exact) mass is 995 g/mol. The van der Waals surface area contributed by atoms with Crippen molar-refractivity contribution < 1.29 is 24.2 Å². The number of rotatable bonds is 53. The van der Waals surface area contributed by atoms with Crippen molar-refractivity contribution in [1.82, 2.24) is 0 Å². The third kappa shape index (κ3) is 58.6. The maximum atomic E-state index is 12.3. The third-order valence-corrected chi connectivity index (χ3v) is 12.4. The molecule has 0 aliphatic rings. The highest BCUT2D eigenvalue weighted by molar-refractivity contribution is 5.70. The summed E-state index contributed by atoms with van der Waals surface area (Å²) in [6.07, 6.45) is 91.5. The highest BCUT2D eigenvalue weighted by atomic mass is 16.6. The fraction of sp³-hybridized carbons (Fsp3) is 0.642. The molecule has 0 saturated heterocycles. The van der Waals surface area contributed by atoms with E-state index in [2.05, 4.69) is 148 Å². The van der Waals surface area contributed by atoms with E-state index in [1.165, 1.54) is 116 Å². The lowest BCUT2D eigenvalue weighted by Gasteiger charge is -2.15. The minimum Gasteiger partial charge on any atom is -0.462 e. The molecule has 0 aromatic heterocycles. The molecule has 0 aromatic carbocycles. The van der Waals surface area contributed by atoms with Crippen molar-refractivity contribution >= 4 is 11.9 Å². The number of aliphatic hydroxyl groups is 1. The maximum absolute atomic E-state index is 12.3. The van der Waals surface area contributed by atoms with Crippen LogP contribution < -0.4 is 0 Å². The van der Waals surface area contributed by atoms with Gasteiger partial charge in [0.1, 0.15) is 6.61 Å². The Labute approximate surface area is 445 Å². The smallest absolute Gasteiger partial charge is 0.306 e. The van der Waals surface area contributed by atoms with Gasteiger partial charge in [-0.05, 0) is 109 Å². The van der Waals surface area contributed by atoms with E-state index in [1.54, 1.807) is 0 Å². The lowest BCUT2D eigenvalue weighted by atomic mass is 10.0. The molecule has 0 heterocycles. The van der Waals surface area contributed by atoms with E-state index in [-0.39, 0.29) is 25.2 Å². The average Bonchev–Trinajstić information content (AvgIpc) is 3.38. The van der Waals surface area contributed by atoms with Crippen LogP contribution in [0.4, 0.5) is 0 Å². The average molecular weight is 996 g/mol. The lowest BCUT2D eigenvalue weighted by molar-refractivity contribution is -0.161. The second kappa shape index (κ2) is 61.3. The summed E-state index contributed by atoms with van der Waals surface area (Å²) in [5.74, 6) is -0.630. The van der Waals surface area contributed by atoms with Crippen LogP contribution in [0.2, 0.25) is 0 Å². The molecule has 0 saturated carbocycles. The molecule has 0 aliphatic carbocycles. The first-order valence-electron chi connectivity index (χ1n) is 29.7. The van der Waals surface area contributed by atoms with E-state index in [9.17, 15) is 14.7 Å². The van der Waals surface area contributed by atoms with Gasteiger partial charge in [-0.2, -0.15) is 0 Å². The molecule has 0 radical (unpaired) electrons. The number of allylic oxidation sites excluding steroid dienone is 22. The second-order valence-corrected chi connectivity index (χ2v) is 19.3. The number of esters is 2. The summed E-state index contributed by atoms with van der Waals surface area (Å²) in [6.45, 7) is 3.89. The molecule has 1 unspecified atom stereocenters. The van der Waals surface area contributed by atoms with E-state index in [1.807, 2.05) is 0 Å². The molecule has 408 valence electrons.